The molecule has 0 saturated heterocycles. The molecular formula is C38H27NS. The molecule has 190 valence electrons. The molecule has 40 heavy (non-hydrogen) atoms. The summed E-state index contributed by atoms with van der Waals surface area (Å²) in [5, 5.41) is 6.48. The maximum Gasteiger partial charge on any atom is 0.0541 e. The van der Waals surface area contributed by atoms with Crippen molar-refractivity contribution in [1.82, 2.24) is 0 Å². The summed E-state index contributed by atoms with van der Waals surface area (Å²) in [6.45, 7) is 2.43. The molecule has 1 N–H and O–H groups in total. The molecule has 2 unspecified atom stereocenters. The first-order valence-electron chi connectivity index (χ1n) is 14.1. The van der Waals surface area contributed by atoms with Crippen LogP contribution in [-0.2, 0) is 10.8 Å². The first-order chi connectivity index (χ1) is 19.7. The molecule has 9 rings (SSSR count). The molecule has 0 saturated carbocycles. The fraction of sp³-hybridized carbons (Fsp3) is 0.105. The second-order valence-corrected chi connectivity index (χ2v) is 12.7. The molecule has 6 aromatic rings. The molecule has 2 heteroatoms. The Balaban J connectivity index is 1.23. The fourth-order valence-corrected chi connectivity index (χ4v) is 9.16. The third kappa shape index (κ3) is 2.72. The molecule has 2 atom stereocenters. The van der Waals surface area contributed by atoms with E-state index in [1.54, 1.807) is 0 Å². The van der Waals surface area contributed by atoms with Crippen LogP contribution in [0.5, 0.6) is 0 Å². The Kier molecular flexibility index (Phi) is 4.39. The molecule has 0 radical (unpaired) electrons. The van der Waals surface area contributed by atoms with E-state index < -0.39 is 0 Å². The van der Waals surface area contributed by atoms with E-state index in [2.05, 4.69) is 146 Å². The predicted octanol–water partition coefficient (Wildman–Crippen LogP) is 9.82. The number of benzene rings is 5. The van der Waals surface area contributed by atoms with Crippen LogP contribution < -0.4 is 5.32 Å². The third-order valence-corrected chi connectivity index (χ3v) is 10.8. The summed E-state index contributed by atoms with van der Waals surface area (Å²) in [5.74, 6) is 0.239. The van der Waals surface area contributed by atoms with Crippen molar-refractivity contribution in [3.63, 3.8) is 0 Å². The summed E-state index contributed by atoms with van der Waals surface area (Å²) < 4.78 is 2.66. The lowest BCUT2D eigenvalue weighted by Gasteiger charge is -2.41. The summed E-state index contributed by atoms with van der Waals surface area (Å²) in [4.78, 5) is 0. The second-order valence-electron chi connectivity index (χ2n) is 11.6. The van der Waals surface area contributed by atoms with Crippen molar-refractivity contribution >= 4 is 37.2 Å². The van der Waals surface area contributed by atoms with Gasteiger partial charge in [0.25, 0.3) is 0 Å². The quantitative estimate of drug-likeness (QED) is 0.235. The molecular weight excluding hydrogens is 502 g/mol. The van der Waals surface area contributed by atoms with Gasteiger partial charge in [0.15, 0.2) is 0 Å². The maximum atomic E-state index is 3.81. The standard InChI is InChI=1S/C38H27NS/c1-37-21-20-25(39-24-18-19-29-28-12-4-9-17-34(28)40-35(29)22-24)23-36(37)38(33-16-8-7-15-32(33)37)30-13-5-2-10-26(30)27-11-3-6-14-31(27)38/h2-23,36,39H,1H3. The van der Waals surface area contributed by atoms with Crippen molar-refractivity contribution in [3.8, 4) is 11.1 Å². The molecule has 0 aliphatic heterocycles. The van der Waals surface area contributed by atoms with Crippen molar-refractivity contribution in [2.75, 3.05) is 5.32 Å². The van der Waals surface area contributed by atoms with Crippen LogP contribution in [0.3, 0.4) is 0 Å². The van der Waals surface area contributed by atoms with Crippen molar-refractivity contribution in [1.29, 1.82) is 0 Å². The normalized spacial score (nSPS) is 21.2. The lowest BCUT2D eigenvalue weighted by Crippen LogP contribution is -2.39. The zero-order valence-corrected chi connectivity index (χ0v) is 23.0. The average Bonchev–Trinajstić information content (AvgIpc) is 3.59. The van der Waals surface area contributed by atoms with Gasteiger partial charge in [-0.05, 0) is 57.7 Å². The lowest BCUT2D eigenvalue weighted by atomic mass is 9.61. The number of fused-ring (bicyclic) bond motifs is 13. The third-order valence-electron chi connectivity index (χ3n) is 9.66. The van der Waals surface area contributed by atoms with Crippen LogP contribution >= 0.6 is 11.3 Å². The van der Waals surface area contributed by atoms with Crippen molar-refractivity contribution in [3.05, 3.63) is 161 Å². The smallest absolute Gasteiger partial charge is 0.0541 e. The molecule has 3 aliphatic carbocycles. The highest BCUT2D eigenvalue weighted by Gasteiger charge is 2.61. The zero-order valence-electron chi connectivity index (χ0n) is 22.2. The number of hydrogen-bond acceptors (Lipinski definition) is 2. The van der Waals surface area contributed by atoms with E-state index in [1.165, 1.54) is 53.6 Å². The predicted molar refractivity (Wildman–Crippen MR) is 169 cm³/mol. The van der Waals surface area contributed by atoms with E-state index in [9.17, 15) is 0 Å². The Morgan fingerprint density at radius 1 is 0.625 bits per heavy atom. The van der Waals surface area contributed by atoms with E-state index in [1.807, 2.05) is 11.3 Å². The molecule has 0 fully saturated rings. The minimum Gasteiger partial charge on any atom is -0.356 e. The van der Waals surface area contributed by atoms with Crippen LogP contribution in [0.15, 0.2) is 139 Å². The maximum absolute atomic E-state index is 3.81. The Labute approximate surface area is 238 Å². The lowest BCUT2D eigenvalue weighted by molar-refractivity contribution is 0.370. The van der Waals surface area contributed by atoms with Gasteiger partial charge in [0.05, 0.1) is 5.41 Å². The average molecular weight is 530 g/mol. The van der Waals surface area contributed by atoms with E-state index >= 15 is 0 Å². The van der Waals surface area contributed by atoms with Gasteiger partial charge in [0.2, 0.25) is 0 Å². The minimum atomic E-state index is -0.231. The van der Waals surface area contributed by atoms with Gasteiger partial charge < -0.3 is 5.32 Å². The van der Waals surface area contributed by atoms with E-state index in [0.29, 0.717) is 0 Å². The highest BCUT2D eigenvalue weighted by molar-refractivity contribution is 7.25. The van der Waals surface area contributed by atoms with Gasteiger partial charge in [-0.25, -0.2) is 0 Å². The minimum absolute atomic E-state index is 0.109. The van der Waals surface area contributed by atoms with Crippen LogP contribution in [0.2, 0.25) is 0 Å². The summed E-state index contributed by atoms with van der Waals surface area (Å²) in [5.41, 5.74) is 10.4. The highest BCUT2D eigenvalue weighted by Crippen LogP contribution is 2.67. The fourth-order valence-electron chi connectivity index (χ4n) is 8.02. The van der Waals surface area contributed by atoms with Gasteiger partial charge >= 0.3 is 0 Å². The molecule has 1 nitrogen and oxygen atoms in total. The van der Waals surface area contributed by atoms with Crippen LogP contribution in [0.4, 0.5) is 5.69 Å². The van der Waals surface area contributed by atoms with Gasteiger partial charge in [0.1, 0.15) is 0 Å². The molecule has 0 amide bonds. The number of allylic oxidation sites excluding steroid dienone is 3. The molecule has 0 bridgehead atoms. The number of anilines is 1. The first kappa shape index (κ1) is 22.4. The van der Waals surface area contributed by atoms with Gasteiger partial charge in [0, 0.05) is 42.9 Å². The number of nitrogens with one attached hydrogen (secondary N) is 1. The zero-order chi connectivity index (χ0) is 26.5. The SMILES string of the molecule is CC12C=CC(Nc3ccc4c(c3)sc3ccccc34)=CC1C1(c3ccccc3-c3ccccc31)c1ccccc12. The van der Waals surface area contributed by atoms with Crippen molar-refractivity contribution in [2.24, 2.45) is 5.92 Å². The molecule has 3 aliphatic rings. The van der Waals surface area contributed by atoms with Gasteiger partial charge in [-0.15, -0.1) is 11.3 Å². The Bertz CT molecular complexity index is 2030. The van der Waals surface area contributed by atoms with E-state index in [-0.39, 0.29) is 16.7 Å². The number of thiophene rings is 1. The molecule has 1 aromatic heterocycles. The van der Waals surface area contributed by atoms with E-state index in [0.717, 1.165) is 11.4 Å². The van der Waals surface area contributed by atoms with Crippen LogP contribution in [0.25, 0.3) is 31.3 Å². The summed E-state index contributed by atoms with van der Waals surface area (Å²) in [6, 6.07) is 42.8. The summed E-state index contributed by atoms with van der Waals surface area (Å²) in [7, 11) is 0. The first-order valence-corrected chi connectivity index (χ1v) is 14.9. The Morgan fingerprint density at radius 3 is 2.02 bits per heavy atom. The monoisotopic (exact) mass is 529 g/mol. The van der Waals surface area contributed by atoms with Crippen molar-refractivity contribution in [2.45, 2.75) is 17.8 Å². The largest absolute Gasteiger partial charge is 0.356 e. The van der Waals surface area contributed by atoms with Gasteiger partial charge in [-0.3, -0.25) is 0 Å². The van der Waals surface area contributed by atoms with E-state index in [4.69, 9.17) is 0 Å². The summed E-state index contributed by atoms with van der Waals surface area (Å²) in [6.07, 6.45) is 7.28. The molecule has 5 aromatic carbocycles. The van der Waals surface area contributed by atoms with Crippen LogP contribution in [0.1, 0.15) is 29.2 Å². The van der Waals surface area contributed by atoms with Crippen LogP contribution in [0, 0.1) is 5.92 Å². The summed E-state index contributed by atoms with van der Waals surface area (Å²) >= 11 is 1.87. The van der Waals surface area contributed by atoms with Gasteiger partial charge in [-0.1, -0.05) is 116 Å². The Hall–Kier alpha value is -4.40. The second kappa shape index (κ2) is 7.84. The van der Waals surface area contributed by atoms with Gasteiger partial charge in [-0.2, -0.15) is 0 Å². The Morgan fingerprint density at radius 2 is 1.25 bits per heavy atom. The number of hydrogen-bond donors (Lipinski definition) is 1. The highest BCUT2D eigenvalue weighted by atomic mass is 32.1. The topological polar surface area (TPSA) is 12.0 Å². The molecule has 1 heterocycles. The molecule has 1 spiro atoms. The number of rotatable bonds is 2. The van der Waals surface area contributed by atoms with Crippen molar-refractivity contribution < 1.29 is 0 Å². The van der Waals surface area contributed by atoms with Crippen LogP contribution in [-0.4, -0.2) is 0 Å².